The topological polar surface area (TPSA) is 42.0 Å². The fourth-order valence-corrected chi connectivity index (χ4v) is 1.67. The molecular weight excluding hydrogens is 274 g/mol. The Balaban J connectivity index is 2.04. The molecule has 0 aliphatic rings. The molecule has 1 N–H and O–H groups in total. The third-order valence-electron chi connectivity index (χ3n) is 2.41. The second-order valence-corrected chi connectivity index (χ2v) is 4.17. The first-order valence-corrected chi connectivity index (χ1v) is 5.78. The number of carbonyl (C=O) groups excluding carboxylic acids is 1. The Hall–Kier alpha value is -2.01. The number of nitrogens with zero attached hydrogens (tertiary/aromatic N) is 1. The van der Waals surface area contributed by atoms with Crippen LogP contribution in [0, 0.1) is 11.6 Å². The highest BCUT2D eigenvalue weighted by Gasteiger charge is 2.12. The first kappa shape index (κ1) is 13.4. The van der Waals surface area contributed by atoms with Gasteiger partial charge in [0, 0.05) is 12.7 Å². The van der Waals surface area contributed by atoms with Gasteiger partial charge in [-0.25, -0.2) is 13.8 Å². The van der Waals surface area contributed by atoms with Gasteiger partial charge in [-0.15, -0.1) is 0 Å². The zero-order valence-electron chi connectivity index (χ0n) is 9.66. The van der Waals surface area contributed by atoms with Crippen molar-refractivity contribution in [3.05, 3.63) is 64.4 Å². The van der Waals surface area contributed by atoms with Crippen molar-refractivity contribution in [2.24, 2.45) is 0 Å². The average molecular weight is 283 g/mol. The Bertz CT molecular complexity index is 619. The SMILES string of the molecule is O=C(NCc1ccc(F)c(Cl)c1)c1ncccc1F. The number of pyridine rings is 1. The number of amides is 1. The van der Waals surface area contributed by atoms with Crippen LogP contribution in [0.15, 0.2) is 36.5 Å². The fraction of sp³-hybridized carbons (Fsp3) is 0.0769. The van der Waals surface area contributed by atoms with Gasteiger partial charge in [-0.1, -0.05) is 17.7 Å². The summed E-state index contributed by atoms with van der Waals surface area (Å²) in [4.78, 5) is 15.3. The van der Waals surface area contributed by atoms with Gasteiger partial charge in [-0.05, 0) is 29.8 Å². The quantitative estimate of drug-likeness (QED) is 0.940. The van der Waals surface area contributed by atoms with E-state index in [4.69, 9.17) is 11.6 Å². The molecule has 0 saturated heterocycles. The highest BCUT2D eigenvalue weighted by atomic mass is 35.5. The van der Waals surface area contributed by atoms with Crippen LogP contribution in [0.2, 0.25) is 5.02 Å². The minimum absolute atomic E-state index is 0.0317. The van der Waals surface area contributed by atoms with Gasteiger partial charge in [-0.2, -0.15) is 0 Å². The van der Waals surface area contributed by atoms with Crippen molar-refractivity contribution in [1.82, 2.24) is 10.3 Å². The Morgan fingerprint density at radius 2 is 2.05 bits per heavy atom. The molecule has 2 rings (SSSR count). The lowest BCUT2D eigenvalue weighted by molar-refractivity contribution is 0.0941. The molecule has 0 fully saturated rings. The predicted molar refractivity (Wildman–Crippen MR) is 66.8 cm³/mol. The van der Waals surface area contributed by atoms with Crippen LogP contribution in [-0.2, 0) is 6.54 Å². The normalized spacial score (nSPS) is 10.3. The molecule has 98 valence electrons. The van der Waals surface area contributed by atoms with Crippen LogP contribution >= 0.6 is 11.6 Å². The van der Waals surface area contributed by atoms with E-state index >= 15 is 0 Å². The maximum atomic E-state index is 13.3. The molecule has 0 unspecified atom stereocenters. The molecule has 1 aromatic heterocycles. The summed E-state index contributed by atoms with van der Waals surface area (Å²) in [5.41, 5.74) is 0.326. The lowest BCUT2D eigenvalue weighted by atomic mass is 10.2. The van der Waals surface area contributed by atoms with E-state index < -0.39 is 17.5 Å². The molecule has 1 aromatic carbocycles. The highest BCUT2D eigenvalue weighted by Crippen LogP contribution is 2.15. The molecule has 0 spiro atoms. The predicted octanol–water partition coefficient (Wildman–Crippen LogP) is 2.94. The lowest BCUT2D eigenvalue weighted by Gasteiger charge is -2.06. The van der Waals surface area contributed by atoms with Crippen molar-refractivity contribution in [2.45, 2.75) is 6.54 Å². The van der Waals surface area contributed by atoms with Crippen molar-refractivity contribution in [3.8, 4) is 0 Å². The molecule has 0 atom stereocenters. The van der Waals surface area contributed by atoms with Crippen molar-refractivity contribution >= 4 is 17.5 Å². The summed E-state index contributed by atoms with van der Waals surface area (Å²) >= 11 is 5.61. The Kier molecular flexibility index (Phi) is 4.06. The van der Waals surface area contributed by atoms with E-state index in [2.05, 4.69) is 10.3 Å². The van der Waals surface area contributed by atoms with Crippen LogP contribution in [0.3, 0.4) is 0 Å². The molecule has 0 bridgehead atoms. The van der Waals surface area contributed by atoms with E-state index in [0.717, 1.165) is 6.07 Å². The van der Waals surface area contributed by atoms with Crippen LogP contribution in [0.1, 0.15) is 16.1 Å². The zero-order valence-corrected chi connectivity index (χ0v) is 10.4. The van der Waals surface area contributed by atoms with E-state index in [0.29, 0.717) is 5.56 Å². The maximum absolute atomic E-state index is 13.3. The third kappa shape index (κ3) is 3.26. The van der Waals surface area contributed by atoms with Gasteiger partial charge in [0.15, 0.2) is 11.5 Å². The summed E-state index contributed by atoms with van der Waals surface area (Å²) in [5, 5.41) is 2.45. The van der Waals surface area contributed by atoms with E-state index in [1.165, 1.54) is 30.5 Å². The fourth-order valence-electron chi connectivity index (χ4n) is 1.47. The standard InChI is InChI=1S/C13H9ClF2N2O/c14-9-6-8(3-4-10(9)15)7-18-13(19)12-11(16)2-1-5-17-12/h1-6H,7H2,(H,18,19). The first-order valence-electron chi connectivity index (χ1n) is 5.40. The Morgan fingerprint density at radius 3 is 2.74 bits per heavy atom. The summed E-state index contributed by atoms with van der Waals surface area (Å²) in [6.45, 7) is 0.106. The molecular formula is C13H9ClF2N2O. The van der Waals surface area contributed by atoms with Gasteiger partial charge in [0.1, 0.15) is 5.82 Å². The minimum Gasteiger partial charge on any atom is -0.347 e. The summed E-state index contributed by atoms with van der Waals surface area (Å²) in [6, 6.07) is 6.62. The van der Waals surface area contributed by atoms with E-state index in [1.54, 1.807) is 0 Å². The Morgan fingerprint density at radius 1 is 1.26 bits per heavy atom. The molecule has 0 saturated carbocycles. The Labute approximate surface area is 113 Å². The van der Waals surface area contributed by atoms with Gasteiger partial charge in [0.2, 0.25) is 0 Å². The summed E-state index contributed by atoms with van der Waals surface area (Å²) in [5.74, 6) is -1.87. The van der Waals surface area contributed by atoms with Crippen LogP contribution in [0.5, 0.6) is 0 Å². The van der Waals surface area contributed by atoms with Crippen molar-refractivity contribution in [2.75, 3.05) is 0 Å². The molecule has 0 aliphatic carbocycles. The smallest absolute Gasteiger partial charge is 0.273 e. The molecule has 1 amide bonds. The number of nitrogens with one attached hydrogen (secondary N) is 1. The zero-order chi connectivity index (χ0) is 13.8. The molecule has 0 aliphatic heterocycles. The van der Waals surface area contributed by atoms with E-state index in [9.17, 15) is 13.6 Å². The van der Waals surface area contributed by atoms with E-state index in [-0.39, 0.29) is 17.3 Å². The van der Waals surface area contributed by atoms with Crippen molar-refractivity contribution in [3.63, 3.8) is 0 Å². The van der Waals surface area contributed by atoms with Crippen molar-refractivity contribution < 1.29 is 13.6 Å². The monoisotopic (exact) mass is 282 g/mol. The average Bonchev–Trinajstić information content (AvgIpc) is 2.40. The first-order chi connectivity index (χ1) is 9.08. The van der Waals surface area contributed by atoms with Gasteiger partial charge < -0.3 is 5.32 Å². The summed E-state index contributed by atoms with van der Waals surface area (Å²) in [7, 11) is 0. The minimum atomic E-state index is -0.697. The number of halogens is 3. The molecule has 1 heterocycles. The van der Waals surface area contributed by atoms with E-state index in [1.807, 2.05) is 0 Å². The number of hydrogen-bond acceptors (Lipinski definition) is 2. The van der Waals surface area contributed by atoms with Crippen LogP contribution in [0.25, 0.3) is 0 Å². The molecule has 0 radical (unpaired) electrons. The number of rotatable bonds is 3. The number of hydrogen-bond donors (Lipinski definition) is 1. The second kappa shape index (κ2) is 5.75. The van der Waals surface area contributed by atoms with Gasteiger partial charge in [0.05, 0.1) is 5.02 Å². The van der Waals surface area contributed by atoms with Crippen LogP contribution in [0.4, 0.5) is 8.78 Å². The molecule has 3 nitrogen and oxygen atoms in total. The van der Waals surface area contributed by atoms with Crippen molar-refractivity contribution in [1.29, 1.82) is 0 Å². The summed E-state index contributed by atoms with van der Waals surface area (Å²) in [6.07, 6.45) is 1.33. The number of carbonyl (C=O) groups is 1. The molecule has 2 aromatic rings. The van der Waals surface area contributed by atoms with Gasteiger partial charge in [0.25, 0.3) is 5.91 Å². The largest absolute Gasteiger partial charge is 0.347 e. The second-order valence-electron chi connectivity index (χ2n) is 3.76. The molecule has 19 heavy (non-hydrogen) atoms. The maximum Gasteiger partial charge on any atom is 0.273 e. The lowest BCUT2D eigenvalue weighted by Crippen LogP contribution is -2.24. The number of aromatic nitrogens is 1. The van der Waals surface area contributed by atoms with Crippen LogP contribution < -0.4 is 5.32 Å². The van der Waals surface area contributed by atoms with Gasteiger partial charge in [-0.3, -0.25) is 4.79 Å². The van der Waals surface area contributed by atoms with Gasteiger partial charge >= 0.3 is 0 Å². The third-order valence-corrected chi connectivity index (χ3v) is 2.70. The molecule has 6 heteroatoms. The summed E-state index contributed by atoms with van der Waals surface area (Å²) < 4.78 is 26.2. The van der Waals surface area contributed by atoms with Crippen LogP contribution in [-0.4, -0.2) is 10.9 Å². The highest BCUT2D eigenvalue weighted by molar-refractivity contribution is 6.30. The number of benzene rings is 1.